The van der Waals surface area contributed by atoms with E-state index in [1.54, 1.807) is 12.1 Å². The zero-order valence-corrected chi connectivity index (χ0v) is 19.3. The maximum Gasteiger partial charge on any atom is 0.573 e. The largest absolute Gasteiger partial charge is 0.573 e. The number of allylic oxidation sites excluding steroid dienone is 1. The van der Waals surface area contributed by atoms with Gasteiger partial charge in [-0.15, -0.1) is 13.2 Å². The minimum Gasteiger partial charge on any atom is -0.406 e. The average Bonchev–Trinajstić information content (AvgIpc) is 2.99. The fraction of sp³-hybridized carbons (Fsp3) is 0.667. The van der Waals surface area contributed by atoms with Crippen molar-refractivity contribution < 1.29 is 27.8 Å². The molecule has 5 rings (SSSR count). The van der Waals surface area contributed by atoms with Crippen molar-refractivity contribution in [3.8, 4) is 5.75 Å². The van der Waals surface area contributed by atoms with Gasteiger partial charge in [-0.2, -0.15) is 0 Å². The van der Waals surface area contributed by atoms with Crippen molar-refractivity contribution in [1.29, 1.82) is 0 Å². The van der Waals surface area contributed by atoms with Crippen molar-refractivity contribution in [3.63, 3.8) is 0 Å². The lowest BCUT2D eigenvalue weighted by Crippen LogP contribution is -2.54. The summed E-state index contributed by atoms with van der Waals surface area (Å²) < 4.78 is 41.2. The number of hydrogen-bond donors (Lipinski definition) is 1. The van der Waals surface area contributed by atoms with E-state index in [0.717, 1.165) is 62.5 Å². The molecule has 33 heavy (non-hydrogen) atoms. The summed E-state index contributed by atoms with van der Waals surface area (Å²) >= 11 is 0. The molecule has 0 unspecified atom stereocenters. The molecule has 0 spiro atoms. The van der Waals surface area contributed by atoms with E-state index >= 15 is 0 Å². The Labute approximate surface area is 193 Å². The highest BCUT2D eigenvalue weighted by molar-refractivity contribution is 6.05. The van der Waals surface area contributed by atoms with Crippen LogP contribution in [0.3, 0.4) is 0 Å². The zero-order valence-electron chi connectivity index (χ0n) is 19.3. The van der Waals surface area contributed by atoms with Crippen LogP contribution < -0.4 is 4.74 Å². The number of halogens is 3. The first kappa shape index (κ1) is 22.9. The fourth-order valence-corrected chi connectivity index (χ4v) is 8.00. The number of carbonyl (C=O) groups excluding carboxylic acids is 1. The minimum absolute atomic E-state index is 0.163. The first-order chi connectivity index (χ1) is 15.5. The predicted octanol–water partition coefficient (Wildman–Crippen LogP) is 6.55. The molecule has 7 atom stereocenters. The summed E-state index contributed by atoms with van der Waals surface area (Å²) in [6, 6.07) is 5.75. The second-order valence-electron chi connectivity index (χ2n) is 11.4. The molecule has 180 valence electrons. The third-order valence-electron chi connectivity index (χ3n) is 9.73. The van der Waals surface area contributed by atoms with Crippen LogP contribution in [-0.2, 0) is 4.79 Å². The lowest BCUT2D eigenvalue weighted by molar-refractivity contribution is -0.274. The number of fused-ring (bicyclic) bond motifs is 5. The number of alkyl halides is 3. The van der Waals surface area contributed by atoms with Crippen LogP contribution in [0.4, 0.5) is 13.2 Å². The lowest BCUT2D eigenvalue weighted by Gasteiger charge is -2.59. The van der Waals surface area contributed by atoms with Gasteiger partial charge in [0.15, 0.2) is 5.78 Å². The van der Waals surface area contributed by atoms with Crippen molar-refractivity contribution in [3.05, 3.63) is 35.4 Å². The first-order valence-electron chi connectivity index (χ1n) is 12.3. The number of Topliss-reactive ketones (excluding diaryl/α,β-unsaturated/α-hetero) is 1. The zero-order chi connectivity index (χ0) is 23.6. The quantitative estimate of drug-likeness (QED) is 0.507. The Morgan fingerprint density at radius 2 is 1.76 bits per heavy atom. The molecule has 0 aliphatic heterocycles. The van der Waals surface area contributed by atoms with Crippen LogP contribution in [0, 0.1) is 34.5 Å². The maximum absolute atomic E-state index is 13.5. The summed E-state index contributed by atoms with van der Waals surface area (Å²) in [5.41, 5.74) is 1.44. The summed E-state index contributed by atoms with van der Waals surface area (Å²) in [5, 5.41) is 10.2. The van der Waals surface area contributed by atoms with E-state index in [4.69, 9.17) is 0 Å². The molecule has 0 radical (unpaired) electrons. The molecule has 4 aliphatic carbocycles. The number of hydrogen-bond acceptors (Lipinski definition) is 3. The second kappa shape index (κ2) is 7.86. The normalized spacial score (nSPS) is 41.9. The highest BCUT2D eigenvalue weighted by Crippen LogP contribution is 2.66. The Bertz CT molecular complexity index is 952. The molecule has 4 fully saturated rings. The van der Waals surface area contributed by atoms with Gasteiger partial charge in [0.2, 0.25) is 0 Å². The Morgan fingerprint density at radius 3 is 2.45 bits per heavy atom. The molecule has 1 N–H and O–H groups in total. The van der Waals surface area contributed by atoms with Crippen LogP contribution in [0.1, 0.15) is 70.8 Å². The van der Waals surface area contributed by atoms with Gasteiger partial charge in [-0.1, -0.05) is 26.0 Å². The highest BCUT2D eigenvalue weighted by Gasteiger charge is 2.61. The van der Waals surface area contributed by atoms with Crippen LogP contribution in [0.2, 0.25) is 0 Å². The summed E-state index contributed by atoms with van der Waals surface area (Å²) in [6.45, 7) is 4.57. The van der Waals surface area contributed by atoms with E-state index in [0.29, 0.717) is 23.7 Å². The van der Waals surface area contributed by atoms with Crippen LogP contribution in [0.5, 0.6) is 5.75 Å². The number of ether oxygens (including phenoxy) is 1. The highest BCUT2D eigenvalue weighted by atomic mass is 19.4. The molecule has 0 aromatic heterocycles. The molecule has 0 saturated heterocycles. The summed E-state index contributed by atoms with van der Waals surface area (Å²) in [6.07, 6.45) is 4.85. The number of benzene rings is 1. The Kier molecular flexibility index (Phi) is 5.47. The molecule has 1 aromatic carbocycles. The predicted molar refractivity (Wildman–Crippen MR) is 119 cm³/mol. The fourth-order valence-electron chi connectivity index (χ4n) is 8.00. The molecule has 0 amide bonds. The molecule has 0 heterocycles. The van der Waals surface area contributed by atoms with Crippen molar-refractivity contribution in [1.82, 2.24) is 0 Å². The molecule has 6 heteroatoms. The summed E-state index contributed by atoms with van der Waals surface area (Å²) in [7, 11) is 0. The molecule has 4 saturated carbocycles. The van der Waals surface area contributed by atoms with Gasteiger partial charge in [0.05, 0.1) is 6.10 Å². The van der Waals surface area contributed by atoms with E-state index in [1.807, 2.05) is 6.08 Å². The molecule has 4 aliphatic rings. The summed E-state index contributed by atoms with van der Waals surface area (Å²) in [4.78, 5) is 13.5. The molecule has 0 bridgehead atoms. The van der Waals surface area contributed by atoms with Crippen LogP contribution in [0.15, 0.2) is 29.8 Å². The third kappa shape index (κ3) is 3.92. The van der Waals surface area contributed by atoms with Crippen molar-refractivity contribution in [2.24, 2.45) is 34.5 Å². The van der Waals surface area contributed by atoms with Gasteiger partial charge < -0.3 is 9.84 Å². The molecular formula is C27H33F3O3. The molecule has 3 nitrogen and oxygen atoms in total. The van der Waals surface area contributed by atoms with Gasteiger partial charge in [0.25, 0.3) is 0 Å². The Morgan fingerprint density at radius 1 is 1.03 bits per heavy atom. The third-order valence-corrected chi connectivity index (χ3v) is 9.73. The number of aliphatic hydroxyl groups is 1. The Balaban J connectivity index is 1.37. The first-order valence-corrected chi connectivity index (χ1v) is 12.3. The number of carbonyl (C=O) groups is 1. The van der Waals surface area contributed by atoms with Gasteiger partial charge in [-0.05, 0) is 110 Å². The van der Waals surface area contributed by atoms with E-state index in [9.17, 15) is 23.1 Å². The number of rotatable bonds is 2. The summed E-state index contributed by atoms with van der Waals surface area (Å²) in [5.74, 6) is 2.00. The SMILES string of the molecule is C[C@]12CC[C@@H](O)C[C@@H]1CC[C@@H]1[C@@H]2CC[C@]2(C)C(=O)/C(=C/c3ccc(OC(F)(F)F)cc3)C[C@@H]12. The standard InChI is InChI=1S/C27H33F3O3/c1-25-11-9-19(31)15-18(25)5-8-21-22(25)10-12-26(2)23(21)14-17(24(26)32)13-16-3-6-20(7-4-16)33-27(28,29)30/h3-4,6-7,13,18-19,21-23,31H,5,8-12,14-15H2,1-2H3/b17-13+/t18-,19+,21+,22-,23-,25-,26-/m0/s1. The van der Waals surface area contributed by atoms with Crippen molar-refractivity contribution in [2.75, 3.05) is 0 Å². The maximum atomic E-state index is 13.5. The van der Waals surface area contributed by atoms with Crippen LogP contribution >= 0.6 is 0 Å². The second-order valence-corrected chi connectivity index (χ2v) is 11.4. The number of aliphatic hydroxyl groups excluding tert-OH is 1. The van der Waals surface area contributed by atoms with Gasteiger partial charge >= 0.3 is 6.36 Å². The van der Waals surface area contributed by atoms with E-state index in [1.165, 1.54) is 12.1 Å². The van der Waals surface area contributed by atoms with Gasteiger partial charge in [0.1, 0.15) is 5.75 Å². The van der Waals surface area contributed by atoms with Gasteiger partial charge in [-0.3, -0.25) is 4.79 Å². The van der Waals surface area contributed by atoms with Crippen LogP contribution in [-0.4, -0.2) is 23.4 Å². The topological polar surface area (TPSA) is 46.5 Å². The van der Waals surface area contributed by atoms with Crippen LogP contribution in [0.25, 0.3) is 6.08 Å². The molecular weight excluding hydrogens is 429 g/mol. The van der Waals surface area contributed by atoms with Crippen molar-refractivity contribution in [2.45, 2.75) is 77.7 Å². The average molecular weight is 463 g/mol. The van der Waals surface area contributed by atoms with Gasteiger partial charge in [-0.25, -0.2) is 0 Å². The van der Waals surface area contributed by atoms with E-state index < -0.39 is 6.36 Å². The number of ketones is 1. The van der Waals surface area contributed by atoms with E-state index in [2.05, 4.69) is 18.6 Å². The lowest BCUT2D eigenvalue weighted by atomic mass is 9.45. The Hall–Kier alpha value is -1.82. The van der Waals surface area contributed by atoms with E-state index in [-0.39, 0.29) is 28.5 Å². The smallest absolute Gasteiger partial charge is 0.406 e. The van der Waals surface area contributed by atoms with Gasteiger partial charge in [0, 0.05) is 5.41 Å². The monoisotopic (exact) mass is 462 g/mol. The van der Waals surface area contributed by atoms with Crippen molar-refractivity contribution >= 4 is 11.9 Å². The minimum atomic E-state index is -4.71. The molecule has 1 aromatic rings.